The Balaban J connectivity index is 2.25. The molecule has 3 rings (SSSR count). The van der Waals surface area contributed by atoms with Crippen LogP contribution in [0.25, 0.3) is 16.5 Å². The molecule has 0 aliphatic heterocycles. The van der Waals surface area contributed by atoms with Crippen molar-refractivity contribution in [2.75, 3.05) is 0 Å². The minimum absolute atomic E-state index is 0.397. The molecule has 0 unspecified atom stereocenters. The Labute approximate surface area is 123 Å². The standard InChI is InChI=1S/C18H25NSi/c1-12-11-15(20(5,6)18(2,3)4)16-13-9-7-8-10-14(13)19-17(12)16/h7-11,15,19H,1-6H3/t15-/m1/s1. The normalized spacial score (nSPS) is 19.3. The van der Waals surface area contributed by atoms with E-state index in [0.717, 1.165) is 0 Å². The summed E-state index contributed by atoms with van der Waals surface area (Å²) in [5.41, 5.74) is 6.26. The zero-order chi connectivity index (χ0) is 14.7. The highest BCUT2D eigenvalue weighted by Gasteiger charge is 2.45. The highest BCUT2D eigenvalue weighted by atomic mass is 28.3. The first-order valence-corrected chi connectivity index (χ1v) is 10.6. The lowest BCUT2D eigenvalue weighted by Gasteiger charge is -2.41. The Morgan fingerprint density at radius 2 is 1.75 bits per heavy atom. The summed E-state index contributed by atoms with van der Waals surface area (Å²) in [6.45, 7) is 14.6. The third-order valence-electron chi connectivity index (χ3n) is 5.58. The molecule has 0 amide bonds. The van der Waals surface area contributed by atoms with E-state index < -0.39 is 8.07 Å². The number of nitrogens with one attached hydrogen (secondary N) is 1. The van der Waals surface area contributed by atoms with Crippen LogP contribution in [-0.4, -0.2) is 13.1 Å². The second-order valence-electron chi connectivity index (χ2n) is 7.76. The second kappa shape index (κ2) is 4.11. The number of rotatable bonds is 1. The molecular weight excluding hydrogens is 258 g/mol. The van der Waals surface area contributed by atoms with Crippen LogP contribution in [0.4, 0.5) is 0 Å². The smallest absolute Gasteiger partial charge is 0.0650 e. The molecule has 2 heteroatoms. The van der Waals surface area contributed by atoms with Crippen molar-refractivity contribution in [2.45, 2.75) is 51.4 Å². The van der Waals surface area contributed by atoms with Gasteiger partial charge in [0.05, 0.1) is 8.07 Å². The third kappa shape index (κ3) is 1.74. The van der Waals surface area contributed by atoms with Crippen LogP contribution in [0.15, 0.2) is 30.3 Å². The number of hydrogen-bond acceptors (Lipinski definition) is 0. The van der Waals surface area contributed by atoms with Crippen molar-refractivity contribution in [1.82, 2.24) is 4.98 Å². The highest BCUT2D eigenvalue weighted by molar-refractivity contribution is 6.82. The number of aromatic nitrogens is 1. The fourth-order valence-electron chi connectivity index (χ4n) is 3.25. The first-order valence-electron chi connectivity index (χ1n) is 7.53. The summed E-state index contributed by atoms with van der Waals surface area (Å²) in [6.07, 6.45) is 2.52. The zero-order valence-corrected chi connectivity index (χ0v) is 14.5. The number of fused-ring (bicyclic) bond motifs is 3. The summed E-state index contributed by atoms with van der Waals surface area (Å²) in [5, 5.41) is 1.82. The van der Waals surface area contributed by atoms with Crippen molar-refractivity contribution in [1.29, 1.82) is 0 Å². The molecule has 1 aliphatic carbocycles. The Hall–Kier alpha value is -1.28. The minimum Gasteiger partial charge on any atom is -0.355 e. The Morgan fingerprint density at radius 1 is 1.10 bits per heavy atom. The fraction of sp³-hybridized carbons (Fsp3) is 0.444. The molecule has 1 heterocycles. The van der Waals surface area contributed by atoms with Crippen LogP contribution in [0, 0.1) is 0 Å². The van der Waals surface area contributed by atoms with Gasteiger partial charge < -0.3 is 4.98 Å². The van der Waals surface area contributed by atoms with Crippen LogP contribution in [0.1, 0.15) is 44.5 Å². The van der Waals surface area contributed by atoms with E-state index in [1.807, 2.05) is 0 Å². The maximum Gasteiger partial charge on any atom is 0.0650 e. The van der Waals surface area contributed by atoms with E-state index in [1.54, 1.807) is 5.56 Å². The summed E-state index contributed by atoms with van der Waals surface area (Å²) in [6, 6.07) is 8.75. The molecule has 0 saturated carbocycles. The number of aromatic amines is 1. The van der Waals surface area contributed by atoms with Crippen LogP contribution < -0.4 is 0 Å². The third-order valence-corrected chi connectivity index (χ3v) is 11.5. The maximum absolute atomic E-state index is 3.63. The van der Waals surface area contributed by atoms with Crippen LogP contribution in [-0.2, 0) is 0 Å². The van der Waals surface area contributed by atoms with Crippen LogP contribution in [0.2, 0.25) is 18.1 Å². The number of para-hydroxylation sites is 1. The molecule has 1 aromatic carbocycles. The van der Waals surface area contributed by atoms with Gasteiger partial charge in [-0.25, -0.2) is 0 Å². The van der Waals surface area contributed by atoms with E-state index >= 15 is 0 Å². The van der Waals surface area contributed by atoms with E-state index in [0.29, 0.717) is 10.6 Å². The number of allylic oxidation sites excluding steroid dienone is 2. The van der Waals surface area contributed by atoms with Gasteiger partial charge in [0.25, 0.3) is 0 Å². The summed E-state index contributed by atoms with van der Waals surface area (Å²) < 4.78 is 0. The Morgan fingerprint density at radius 3 is 2.40 bits per heavy atom. The largest absolute Gasteiger partial charge is 0.355 e. The molecule has 0 radical (unpaired) electrons. The van der Waals surface area contributed by atoms with Gasteiger partial charge in [-0.3, -0.25) is 0 Å². The van der Waals surface area contributed by atoms with Crippen molar-refractivity contribution in [2.24, 2.45) is 0 Å². The Kier molecular flexibility index (Phi) is 2.81. The molecule has 0 fully saturated rings. The number of benzene rings is 1. The average Bonchev–Trinajstić information content (AvgIpc) is 2.86. The van der Waals surface area contributed by atoms with E-state index in [4.69, 9.17) is 0 Å². The molecule has 0 saturated heterocycles. The van der Waals surface area contributed by atoms with Crippen molar-refractivity contribution in [3.63, 3.8) is 0 Å². The molecule has 1 aliphatic rings. The van der Waals surface area contributed by atoms with E-state index in [2.05, 4.69) is 76.1 Å². The maximum atomic E-state index is 3.63. The molecule has 2 aromatic rings. The predicted molar refractivity (Wildman–Crippen MR) is 91.9 cm³/mol. The summed E-state index contributed by atoms with van der Waals surface area (Å²) >= 11 is 0. The van der Waals surface area contributed by atoms with Crippen molar-refractivity contribution < 1.29 is 0 Å². The van der Waals surface area contributed by atoms with Gasteiger partial charge in [0.1, 0.15) is 0 Å². The molecule has 1 N–H and O–H groups in total. The Bertz CT molecular complexity index is 698. The van der Waals surface area contributed by atoms with Gasteiger partial charge in [0.15, 0.2) is 0 Å². The van der Waals surface area contributed by atoms with E-state index in [9.17, 15) is 0 Å². The molecule has 1 atom stereocenters. The van der Waals surface area contributed by atoms with E-state index in [-0.39, 0.29) is 0 Å². The van der Waals surface area contributed by atoms with Gasteiger partial charge in [0.2, 0.25) is 0 Å². The predicted octanol–water partition coefficient (Wildman–Crippen LogP) is 5.72. The average molecular weight is 283 g/mol. The fourth-order valence-corrected chi connectivity index (χ4v) is 5.87. The lowest BCUT2D eigenvalue weighted by molar-refractivity contribution is 0.706. The minimum atomic E-state index is -1.44. The summed E-state index contributed by atoms with van der Waals surface area (Å²) in [4.78, 5) is 3.63. The SMILES string of the molecule is CC1=C[C@@H]([Si](C)(C)C(C)(C)C)c2c1[nH]c1ccccc21. The second-order valence-corrected chi connectivity index (χ2v) is 13.3. The number of H-pyrrole nitrogens is 1. The quantitative estimate of drug-likeness (QED) is 0.645. The topological polar surface area (TPSA) is 15.8 Å². The molecule has 0 spiro atoms. The van der Waals surface area contributed by atoms with Crippen LogP contribution in [0.5, 0.6) is 0 Å². The zero-order valence-electron chi connectivity index (χ0n) is 13.5. The van der Waals surface area contributed by atoms with Crippen LogP contribution in [0.3, 0.4) is 0 Å². The first kappa shape index (κ1) is 13.7. The van der Waals surface area contributed by atoms with Crippen molar-refractivity contribution in [3.8, 4) is 0 Å². The number of hydrogen-bond donors (Lipinski definition) is 1. The monoisotopic (exact) mass is 283 g/mol. The van der Waals surface area contributed by atoms with Gasteiger partial charge in [-0.2, -0.15) is 0 Å². The van der Waals surface area contributed by atoms with Gasteiger partial charge in [-0.15, -0.1) is 0 Å². The van der Waals surface area contributed by atoms with Crippen molar-refractivity contribution >= 4 is 24.5 Å². The summed E-state index contributed by atoms with van der Waals surface area (Å²) in [7, 11) is -1.44. The van der Waals surface area contributed by atoms with Gasteiger partial charge in [-0.1, -0.05) is 58.1 Å². The molecule has 106 valence electrons. The van der Waals surface area contributed by atoms with Gasteiger partial charge in [-0.05, 0) is 29.2 Å². The van der Waals surface area contributed by atoms with E-state index in [1.165, 1.54) is 22.2 Å². The van der Waals surface area contributed by atoms with Gasteiger partial charge >= 0.3 is 0 Å². The molecule has 1 aromatic heterocycles. The summed E-state index contributed by atoms with van der Waals surface area (Å²) in [5.74, 6) is 0. The van der Waals surface area contributed by atoms with Gasteiger partial charge in [0, 0.05) is 22.1 Å². The molecule has 20 heavy (non-hydrogen) atoms. The lowest BCUT2D eigenvalue weighted by Crippen LogP contribution is -2.42. The highest BCUT2D eigenvalue weighted by Crippen LogP contribution is 2.51. The lowest BCUT2D eigenvalue weighted by atomic mass is 10.1. The van der Waals surface area contributed by atoms with Crippen LogP contribution >= 0.6 is 0 Å². The molecular formula is C18H25NSi. The molecule has 0 bridgehead atoms. The molecule has 1 nitrogen and oxygen atoms in total. The first-order chi connectivity index (χ1) is 9.23. The van der Waals surface area contributed by atoms with Crippen molar-refractivity contribution in [3.05, 3.63) is 41.6 Å².